The number of alkyl carbamates (subject to hydrolysis) is 1. The molecule has 0 radical (unpaired) electrons. The van der Waals surface area contributed by atoms with Crippen LogP contribution in [0.25, 0.3) is 11.1 Å². The number of carboxylic acids is 1. The van der Waals surface area contributed by atoms with Gasteiger partial charge in [0.2, 0.25) is 0 Å². The Morgan fingerprint density at radius 3 is 2.23 bits per heavy atom. The van der Waals surface area contributed by atoms with Gasteiger partial charge >= 0.3 is 12.1 Å². The minimum absolute atomic E-state index is 0.0418. The summed E-state index contributed by atoms with van der Waals surface area (Å²) in [6.45, 7) is 2.36. The van der Waals surface area contributed by atoms with Crippen molar-refractivity contribution in [2.24, 2.45) is 5.92 Å². The van der Waals surface area contributed by atoms with E-state index in [1.54, 1.807) is 6.92 Å². The lowest BCUT2D eigenvalue weighted by atomic mass is 9.98. The molecule has 26 heavy (non-hydrogen) atoms. The minimum atomic E-state index is -0.814. The molecule has 0 spiro atoms. The first kappa shape index (κ1) is 18.0. The number of rotatable bonds is 7. The molecule has 0 saturated carbocycles. The van der Waals surface area contributed by atoms with Crippen LogP contribution in [0.15, 0.2) is 48.5 Å². The van der Waals surface area contributed by atoms with Gasteiger partial charge in [-0.1, -0.05) is 55.5 Å². The van der Waals surface area contributed by atoms with Crippen LogP contribution in [-0.2, 0) is 9.53 Å². The first-order chi connectivity index (χ1) is 12.6. The van der Waals surface area contributed by atoms with Crippen LogP contribution in [0.4, 0.5) is 4.79 Å². The van der Waals surface area contributed by atoms with Crippen LogP contribution >= 0.6 is 0 Å². The molecule has 3 rings (SSSR count). The van der Waals surface area contributed by atoms with Crippen LogP contribution in [0.5, 0.6) is 0 Å². The van der Waals surface area contributed by atoms with Gasteiger partial charge in [0.1, 0.15) is 6.61 Å². The Morgan fingerprint density at radius 2 is 1.65 bits per heavy atom. The molecule has 0 fully saturated rings. The molecule has 1 aliphatic carbocycles. The predicted molar refractivity (Wildman–Crippen MR) is 99.1 cm³/mol. The average Bonchev–Trinajstić information content (AvgIpc) is 2.97. The van der Waals surface area contributed by atoms with E-state index in [4.69, 9.17) is 9.84 Å². The number of carboxylic acid groups (broad SMARTS) is 1. The fourth-order valence-corrected chi connectivity index (χ4v) is 3.37. The third-order valence-electron chi connectivity index (χ3n) is 4.85. The van der Waals surface area contributed by atoms with Crippen LogP contribution in [0, 0.1) is 5.92 Å². The normalized spacial score (nSPS) is 13.6. The number of hydrogen-bond donors (Lipinski definition) is 2. The number of hydrogen-bond acceptors (Lipinski definition) is 3. The molecule has 0 heterocycles. The Morgan fingerprint density at radius 1 is 1.08 bits per heavy atom. The maximum atomic E-state index is 12.0. The topological polar surface area (TPSA) is 75.6 Å². The van der Waals surface area contributed by atoms with Gasteiger partial charge < -0.3 is 15.2 Å². The highest BCUT2D eigenvalue weighted by molar-refractivity contribution is 5.79. The second-order valence-corrected chi connectivity index (χ2v) is 6.63. The molecular weight excluding hydrogens is 330 g/mol. The molecule has 1 aliphatic rings. The number of fused-ring (bicyclic) bond motifs is 3. The van der Waals surface area contributed by atoms with Gasteiger partial charge in [-0.25, -0.2) is 4.79 Å². The molecule has 5 nitrogen and oxygen atoms in total. The van der Waals surface area contributed by atoms with Crippen molar-refractivity contribution in [1.29, 1.82) is 0 Å². The quantitative estimate of drug-likeness (QED) is 0.737. The van der Waals surface area contributed by atoms with E-state index in [2.05, 4.69) is 29.6 Å². The smallest absolute Gasteiger partial charge is 0.407 e. The second-order valence-electron chi connectivity index (χ2n) is 6.63. The van der Waals surface area contributed by atoms with E-state index in [1.807, 2.05) is 24.3 Å². The molecule has 1 atom stereocenters. The summed E-state index contributed by atoms with van der Waals surface area (Å²) in [5.74, 6) is -1.18. The zero-order chi connectivity index (χ0) is 18.5. The van der Waals surface area contributed by atoms with E-state index < -0.39 is 18.0 Å². The molecule has 0 bridgehead atoms. The predicted octanol–water partition coefficient (Wildman–Crippen LogP) is 4.03. The van der Waals surface area contributed by atoms with Crippen molar-refractivity contribution in [2.75, 3.05) is 13.2 Å². The number of nitrogens with one attached hydrogen (secondary N) is 1. The Balaban J connectivity index is 1.53. The highest BCUT2D eigenvalue weighted by Crippen LogP contribution is 2.44. The summed E-state index contributed by atoms with van der Waals surface area (Å²) in [4.78, 5) is 22.7. The van der Waals surface area contributed by atoms with Crippen molar-refractivity contribution in [3.8, 4) is 11.1 Å². The van der Waals surface area contributed by atoms with Crippen molar-refractivity contribution in [1.82, 2.24) is 5.32 Å². The number of benzene rings is 2. The molecule has 0 aliphatic heterocycles. The van der Waals surface area contributed by atoms with Gasteiger partial charge in [0.05, 0.1) is 5.92 Å². The third kappa shape index (κ3) is 3.87. The Bertz CT molecular complexity index is 757. The number of amides is 1. The number of aliphatic carboxylic acids is 1. The van der Waals surface area contributed by atoms with Gasteiger partial charge in [0.15, 0.2) is 0 Å². The van der Waals surface area contributed by atoms with Gasteiger partial charge in [-0.2, -0.15) is 0 Å². The lowest BCUT2D eigenvalue weighted by Crippen LogP contribution is -2.27. The van der Waals surface area contributed by atoms with E-state index in [9.17, 15) is 9.59 Å². The number of carbonyl (C=O) groups excluding carboxylic acids is 1. The van der Waals surface area contributed by atoms with E-state index in [-0.39, 0.29) is 12.5 Å². The van der Waals surface area contributed by atoms with Gasteiger partial charge in [-0.05, 0) is 35.1 Å². The minimum Gasteiger partial charge on any atom is -0.481 e. The van der Waals surface area contributed by atoms with E-state index in [1.165, 1.54) is 22.3 Å². The summed E-state index contributed by atoms with van der Waals surface area (Å²) >= 11 is 0. The summed E-state index contributed by atoms with van der Waals surface area (Å²) in [6, 6.07) is 16.4. The van der Waals surface area contributed by atoms with Crippen molar-refractivity contribution in [3.05, 3.63) is 59.7 Å². The van der Waals surface area contributed by atoms with Gasteiger partial charge in [0.25, 0.3) is 0 Å². The maximum absolute atomic E-state index is 12.0. The Labute approximate surface area is 153 Å². The molecule has 2 N–H and O–H groups in total. The zero-order valence-electron chi connectivity index (χ0n) is 14.8. The van der Waals surface area contributed by atoms with E-state index in [0.29, 0.717) is 19.4 Å². The summed E-state index contributed by atoms with van der Waals surface area (Å²) in [6.07, 6.45) is 0.672. The lowest BCUT2D eigenvalue weighted by Gasteiger charge is -2.14. The van der Waals surface area contributed by atoms with Crippen LogP contribution in [-0.4, -0.2) is 30.3 Å². The maximum Gasteiger partial charge on any atom is 0.407 e. The fraction of sp³-hybridized carbons (Fsp3) is 0.333. The van der Waals surface area contributed by atoms with Crippen LogP contribution in [0.1, 0.15) is 36.8 Å². The third-order valence-corrected chi connectivity index (χ3v) is 4.85. The molecular formula is C21H23NO4. The van der Waals surface area contributed by atoms with Crippen molar-refractivity contribution in [3.63, 3.8) is 0 Å². The van der Waals surface area contributed by atoms with Gasteiger partial charge in [0, 0.05) is 12.5 Å². The zero-order valence-corrected chi connectivity index (χ0v) is 14.8. The first-order valence-electron chi connectivity index (χ1n) is 8.89. The van der Waals surface area contributed by atoms with E-state index >= 15 is 0 Å². The van der Waals surface area contributed by atoms with Crippen molar-refractivity contribution >= 4 is 12.1 Å². The summed E-state index contributed by atoms with van der Waals surface area (Å²) < 4.78 is 5.43. The van der Waals surface area contributed by atoms with Crippen molar-refractivity contribution in [2.45, 2.75) is 25.7 Å². The van der Waals surface area contributed by atoms with Crippen LogP contribution in [0.2, 0.25) is 0 Å². The number of carbonyl (C=O) groups is 2. The van der Waals surface area contributed by atoms with Crippen LogP contribution < -0.4 is 5.32 Å². The van der Waals surface area contributed by atoms with E-state index in [0.717, 1.165) is 0 Å². The Hall–Kier alpha value is -2.82. The van der Waals surface area contributed by atoms with Crippen LogP contribution in [0.3, 0.4) is 0 Å². The SMILES string of the molecule is CC(CCCNC(=O)OCC1c2ccccc2-c2ccccc21)C(=O)O. The monoisotopic (exact) mass is 353 g/mol. The molecule has 0 aromatic heterocycles. The molecule has 2 aromatic carbocycles. The van der Waals surface area contributed by atoms with Gasteiger partial charge in [-0.3, -0.25) is 4.79 Å². The summed E-state index contributed by atoms with van der Waals surface area (Å²) in [5, 5.41) is 11.5. The Kier molecular flexibility index (Phi) is 5.56. The lowest BCUT2D eigenvalue weighted by molar-refractivity contribution is -0.141. The van der Waals surface area contributed by atoms with Crippen molar-refractivity contribution < 1.29 is 19.4 Å². The molecule has 136 valence electrons. The molecule has 2 aromatic rings. The highest BCUT2D eigenvalue weighted by Gasteiger charge is 2.28. The summed E-state index contributed by atoms with van der Waals surface area (Å²) in [7, 11) is 0. The largest absolute Gasteiger partial charge is 0.481 e. The standard InChI is InChI=1S/C21H23NO4/c1-14(20(23)24)7-6-12-22-21(25)26-13-19-17-10-4-2-8-15(17)16-9-3-5-11-18(16)19/h2-5,8-11,14,19H,6-7,12-13H2,1H3,(H,22,25)(H,23,24). The highest BCUT2D eigenvalue weighted by atomic mass is 16.5. The molecule has 0 saturated heterocycles. The molecule has 1 amide bonds. The molecule has 5 heteroatoms. The first-order valence-corrected chi connectivity index (χ1v) is 8.89. The summed E-state index contributed by atoms with van der Waals surface area (Å²) in [5.41, 5.74) is 4.74. The average molecular weight is 353 g/mol. The second kappa shape index (κ2) is 8.04. The van der Waals surface area contributed by atoms with Gasteiger partial charge in [-0.15, -0.1) is 0 Å². The number of ether oxygens (including phenoxy) is 1. The fourth-order valence-electron chi connectivity index (χ4n) is 3.37. The molecule has 1 unspecified atom stereocenters.